The van der Waals surface area contributed by atoms with E-state index in [0.29, 0.717) is 19.7 Å². The van der Waals surface area contributed by atoms with Crippen molar-refractivity contribution in [1.29, 1.82) is 0 Å². The number of rotatable bonds is 6. The molecule has 1 fully saturated rings. The van der Waals surface area contributed by atoms with Gasteiger partial charge < -0.3 is 10.1 Å². The summed E-state index contributed by atoms with van der Waals surface area (Å²) in [5, 5.41) is 10.0. The summed E-state index contributed by atoms with van der Waals surface area (Å²) in [6.45, 7) is 5.38. The predicted octanol–water partition coefficient (Wildman–Crippen LogP) is 1.49. The number of hydrogen-bond acceptors (Lipinski definition) is 4. The van der Waals surface area contributed by atoms with Gasteiger partial charge in [0.05, 0.1) is 24.5 Å². The molecular weight excluding hydrogens is 304 g/mol. The molecule has 2 N–H and O–H groups in total. The maximum Gasteiger partial charge on any atom is 0.250 e. The number of benzene rings is 1. The number of amides is 1. The van der Waals surface area contributed by atoms with Gasteiger partial charge in [-0.2, -0.15) is 5.10 Å². The van der Waals surface area contributed by atoms with Crippen molar-refractivity contribution in [3.05, 3.63) is 53.3 Å². The van der Waals surface area contributed by atoms with Crippen LogP contribution in [0.25, 0.3) is 0 Å². The third-order valence-electron chi connectivity index (χ3n) is 4.19. The lowest BCUT2D eigenvalue weighted by Crippen LogP contribution is -2.49. The maximum atomic E-state index is 12.3. The standard InChI is InChI=1S/C18H24N4O2/c1-2-15-10-16(21-20-15)11-19-18(23)17-13-22(8-9-24-17)12-14-6-4-3-5-7-14/h3-7,10,17H,2,8-9,11-13H2,1H3,(H,19,23)(H,20,21). The molecule has 1 unspecified atom stereocenters. The number of carbonyl (C=O) groups is 1. The number of nitrogens with zero attached hydrogens (tertiary/aromatic N) is 2. The summed E-state index contributed by atoms with van der Waals surface area (Å²) >= 11 is 0. The quantitative estimate of drug-likeness (QED) is 0.843. The van der Waals surface area contributed by atoms with E-state index in [-0.39, 0.29) is 5.91 Å². The van der Waals surface area contributed by atoms with Gasteiger partial charge in [-0.3, -0.25) is 14.8 Å². The van der Waals surface area contributed by atoms with Gasteiger partial charge in [-0.1, -0.05) is 37.3 Å². The van der Waals surface area contributed by atoms with Crippen LogP contribution in [0, 0.1) is 0 Å². The number of carbonyl (C=O) groups excluding carboxylic acids is 1. The minimum Gasteiger partial charge on any atom is -0.366 e. The summed E-state index contributed by atoms with van der Waals surface area (Å²) in [5.74, 6) is -0.0691. The van der Waals surface area contributed by atoms with Gasteiger partial charge in [0.25, 0.3) is 5.91 Å². The first-order valence-electron chi connectivity index (χ1n) is 8.43. The van der Waals surface area contributed by atoms with Crippen LogP contribution in [-0.4, -0.2) is 46.8 Å². The molecule has 128 valence electrons. The summed E-state index contributed by atoms with van der Waals surface area (Å²) in [6, 6.07) is 12.3. The summed E-state index contributed by atoms with van der Waals surface area (Å²) in [4.78, 5) is 14.6. The fraction of sp³-hybridized carbons (Fsp3) is 0.444. The van der Waals surface area contributed by atoms with E-state index in [1.54, 1.807) is 0 Å². The number of hydrogen-bond donors (Lipinski definition) is 2. The number of morpholine rings is 1. The van der Waals surface area contributed by atoms with Crippen molar-refractivity contribution in [2.24, 2.45) is 0 Å². The third kappa shape index (κ3) is 4.43. The van der Waals surface area contributed by atoms with E-state index in [4.69, 9.17) is 4.74 Å². The molecule has 0 radical (unpaired) electrons. The molecule has 1 aliphatic rings. The third-order valence-corrected chi connectivity index (χ3v) is 4.19. The van der Waals surface area contributed by atoms with Crippen LogP contribution in [0.3, 0.4) is 0 Å². The summed E-state index contributed by atoms with van der Waals surface area (Å²) < 4.78 is 5.64. The zero-order valence-electron chi connectivity index (χ0n) is 14.0. The topological polar surface area (TPSA) is 70.2 Å². The molecule has 0 bridgehead atoms. The fourth-order valence-electron chi connectivity index (χ4n) is 2.82. The van der Waals surface area contributed by atoms with Crippen molar-refractivity contribution < 1.29 is 9.53 Å². The van der Waals surface area contributed by atoms with Crippen LogP contribution in [0.1, 0.15) is 23.9 Å². The molecule has 0 saturated carbocycles. The predicted molar refractivity (Wildman–Crippen MR) is 91.3 cm³/mol. The molecule has 1 aromatic heterocycles. The number of aromatic amines is 1. The Labute approximate surface area is 142 Å². The average molecular weight is 328 g/mol. The first kappa shape index (κ1) is 16.7. The first-order valence-corrected chi connectivity index (χ1v) is 8.43. The van der Waals surface area contributed by atoms with Gasteiger partial charge in [0, 0.05) is 19.6 Å². The molecule has 1 atom stereocenters. The second-order valence-electron chi connectivity index (χ2n) is 6.04. The van der Waals surface area contributed by atoms with Crippen LogP contribution in [0.5, 0.6) is 0 Å². The van der Waals surface area contributed by atoms with Gasteiger partial charge in [-0.05, 0) is 18.1 Å². The highest BCUT2D eigenvalue weighted by atomic mass is 16.5. The van der Waals surface area contributed by atoms with Gasteiger partial charge in [0.2, 0.25) is 0 Å². The van der Waals surface area contributed by atoms with E-state index in [2.05, 4.69) is 39.5 Å². The van der Waals surface area contributed by atoms with Crippen molar-refractivity contribution >= 4 is 5.91 Å². The van der Waals surface area contributed by atoms with Crippen molar-refractivity contribution in [2.45, 2.75) is 32.5 Å². The van der Waals surface area contributed by atoms with E-state index >= 15 is 0 Å². The normalized spacial score (nSPS) is 18.5. The SMILES string of the molecule is CCc1cc(CNC(=O)C2CN(Cc3ccccc3)CCO2)[nH]n1. The molecule has 0 spiro atoms. The second kappa shape index (κ2) is 8.08. The maximum absolute atomic E-state index is 12.3. The Hall–Kier alpha value is -2.18. The van der Waals surface area contributed by atoms with Crippen molar-refractivity contribution in [2.75, 3.05) is 19.7 Å². The van der Waals surface area contributed by atoms with Crippen molar-refractivity contribution in [3.63, 3.8) is 0 Å². The lowest BCUT2D eigenvalue weighted by atomic mass is 10.2. The smallest absolute Gasteiger partial charge is 0.250 e. The number of nitrogens with one attached hydrogen (secondary N) is 2. The molecule has 1 amide bonds. The van der Waals surface area contributed by atoms with Crippen LogP contribution in [0.4, 0.5) is 0 Å². The van der Waals surface area contributed by atoms with Crippen LogP contribution in [0.15, 0.2) is 36.4 Å². The van der Waals surface area contributed by atoms with Gasteiger partial charge in [-0.15, -0.1) is 0 Å². The van der Waals surface area contributed by atoms with Gasteiger partial charge in [0.15, 0.2) is 0 Å². The molecule has 3 rings (SSSR count). The van der Waals surface area contributed by atoms with Crippen LogP contribution >= 0.6 is 0 Å². The minimum atomic E-state index is -0.420. The monoisotopic (exact) mass is 328 g/mol. The number of H-pyrrole nitrogens is 1. The number of aryl methyl sites for hydroxylation is 1. The van der Waals surface area contributed by atoms with Gasteiger partial charge in [-0.25, -0.2) is 0 Å². The molecule has 6 heteroatoms. The Bertz CT molecular complexity index is 656. The fourth-order valence-corrected chi connectivity index (χ4v) is 2.82. The van der Waals surface area contributed by atoms with Gasteiger partial charge in [0.1, 0.15) is 6.10 Å². The molecule has 6 nitrogen and oxygen atoms in total. The Balaban J connectivity index is 1.49. The Morgan fingerprint density at radius 1 is 1.42 bits per heavy atom. The Morgan fingerprint density at radius 3 is 3.00 bits per heavy atom. The summed E-state index contributed by atoms with van der Waals surface area (Å²) in [5.41, 5.74) is 3.17. The summed E-state index contributed by atoms with van der Waals surface area (Å²) in [6.07, 6.45) is 0.459. The molecule has 1 saturated heterocycles. The minimum absolute atomic E-state index is 0.0691. The highest BCUT2D eigenvalue weighted by Crippen LogP contribution is 2.11. The highest BCUT2D eigenvalue weighted by Gasteiger charge is 2.26. The molecular formula is C18H24N4O2. The lowest BCUT2D eigenvalue weighted by Gasteiger charge is -2.32. The first-order chi connectivity index (χ1) is 11.7. The van der Waals surface area contributed by atoms with E-state index in [9.17, 15) is 4.79 Å². The number of aromatic nitrogens is 2. The van der Waals surface area contributed by atoms with E-state index < -0.39 is 6.10 Å². The molecule has 0 aliphatic carbocycles. The van der Waals surface area contributed by atoms with E-state index in [1.165, 1.54) is 5.56 Å². The molecule has 2 heterocycles. The Morgan fingerprint density at radius 2 is 2.25 bits per heavy atom. The van der Waals surface area contributed by atoms with E-state index in [1.807, 2.05) is 24.3 Å². The largest absolute Gasteiger partial charge is 0.366 e. The molecule has 1 aliphatic heterocycles. The average Bonchev–Trinajstić information content (AvgIpc) is 3.09. The van der Waals surface area contributed by atoms with Crippen LogP contribution < -0.4 is 5.32 Å². The lowest BCUT2D eigenvalue weighted by molar-refractivity contribution is -0.139. The van der Waals surface area contributed by atoms with Crippen LogP contribution in [0.2, 0.25) is 0 Å². The summed E-state index contributed by atoms with van der Waals surface area (Å²) in [7, 11) is 0. The van der Waals surface area contributed by atoms with Crippen molar-refractivity contribution in [1.82, 2.24) is 20.4 Å². The zero-order chi connectivity index (χ0) is 16.8. The number of ether oxygens (including phenoxy) is 1. The zero-order valence-corrected chi connectivity index (χ0v) is 14.0. The van der Waals surface area contributed by atoms with Gasteiger partial charge >= 0.3 is 0 Å². The van der Waals surface area contributed by atoms with E-state index in [0.717, 1.165) is 30.9 Å². The van der Waals surface area contributed by atoms with Crippen LogP contribution in [-0.2, 0) is 29.0 Å². The molecule has 24 heavy (non-hydrogen) atoms. The second-order valence-corrected chi connectivity index (χ2v) is 6.04. The Kier molecular flexibility index (Phi) is 5.61. The molecule has 2 aromatic rings. The molecule has 1 aromatic carbocycles. The van der Waals surface area contributed by atoms with Crippen molar-refractivity contribution in [3.8, 4) is 0 Å². The highest BCUT2D eigenvalue weighted by molar-refractivity contribution is 5.81.